The van der Waals surface area contributed by atoms with E-state index in [4.69, 9.17) is 9.84 Å². The van der Waals surface area contributed by atoms with E-state index in [0.717, 1.165) is 51.6 Å². The van der Waals surface area contributed by atoms with Crippen LogP contribution in [0.3, 0.4) is 0 Å². The van der Waals surface area contributed by atoms with Crippen LogP contribution in [0.4, 0.5) is 0 Å². The van der Waals surface area contributed by atoms with Crippen molar-refractivity contribution < 1.29 is 24.9 Å². The second kappa shape index (κ2) is 17.4. The van der Waals surface area contributed by atoms with Gasteiger partial charge in [0.25, 0.3) is 0 Å². The molecular formula is C32H58O5. The molecule has 0 amide bonds. The molecule has 0 saturated carbocycles. The number of hydrogen-bond donors (Lipinski definition) is 3. The minimum absolute atomic E-state index is 0.139. The number of allylic oxidation sites excluding steroid dienone is 2. The van der Waals surface area contributed by atoms with Crippen molar-refractivity contribution in [1.82, 2.24) is 0 Å². The van der Waals surface area contributed by atoms with Crippen molar-refractivity contribution >= 4 is 5.97 Å². The van der Waals surface area contributed by atoms with Crippen molar-refractivity contribution in [2.45, 2.75) is 143 Å². The van der Waals surface area contributed by atoms with Gasteiger partial charge >= 0.3 is 5.97 Å². The second-order valence-electron chi connectivity index (χ2n) is 12.3. The molecule has 5 nitrogen and oxygen atoms in total. The van der Waals surface area contributed by atoms with Crippen LogP contribution >= 0.6 is 0 Å². The molecular weight excluding hydrogens is 464 g/mol. The topological polar surface area (TPSA) is 87.0 Å². The molecule has 37 heavy (non-hydrogen) atoms. The van der Waals surface area contributed by atoms with Gasteiger partial charge in [0.15, 0.2) is 0 Å². The molecule has 1 aliphatic rings. The number of rotatable bonds is 19. The summed E-state index contributed by atoms with van der Waals surface area (Å²) < 4.78 is 6.29. The summed E-state index contributed by atoms with van der Waals surface area (Å²) in [6.07, 6.45) is 15.4. The van der Waals surface area contributed by atoms with E-state index in [9.17, 15) is 15.0 Å². The van der Waals surface area contributed by atoms with E-state index < -0.39 is 11.6 Å². The average molecular weight is 523 g/mol. The Morgan fingerprint density at radius 2 is 1.81 bits per heavy atom. The van der Waals surface area contributed by atoms with Gasteiger partial charge in [0.05, 0.1) is 23.7 Å². The van der Waals surface area contributed by atoms with Crippen LogP contribution in [-0.4, -0.2) is 45.7 Å². The highest BCUT2D eigenvalue weighted by molar-refractivity contribution is 5.69. The predicted molar refractivity (Wildman–Crippen MR) is 154 cm³/mol. The summed E-state index contributed by atoms with van der Waals surface area (Å²) in [5.41, 5.74) is 1.94. The molecule has 1 rings (SSSR count). The molecule has 0 bridgehead atoms. The van der Waals surface area contributed by atoms with Crippen LogP contribution in [0.15, 0.2) is 23.3 Å². The molecule has 0 aliphatic heterocycles. The molecule has 3 N–H and O–H groups in total. The fourth-order valence-corrected chi connectivity index (χ4v) is 5.29. The van der Waals surface area contributed by atoms with Crippen LogP contribution in [0.1, 0.15) is 126 Å². The monoisotopic (exact) mass is 522 g/mol. The van der Waals surface area contributed by atoms with Crippen LogP contribution in [-0.2, 0) is 9.53 Å². The minimum Gasteiger partial charge on any atom is -0.481 e. The van der Waals surface area contributed by atoms with E-state index in [2.05, 4.69) is 46.8 Å². The minimum atomic E-state index is -0.762. The number of carbonyl (C=O) groups is 1. The maximum Gasteiger partial charge on any atom is 0.306 e. The normalized spacial score (nSPS) is 25.9. The molecule has 0 heterocycles. The Balaban J connectivity index is 2.37. The first-order valence-corrected chi connectivity index (χ1v) is 15.0. The van der Waals surface area contributed by atoms with Crippen LogP contribution < -0.4 is 0 Å². The highest BCUT2D eigenvalue weighted by atomic mass is 16.5. The Labute approximate surface area is 227 Å². The lowest BCUT2D eigenvalue weighted by Gasteiger charge is -2.37. The van der Waals surface area contributed by atoms with Gasteiger partial charge in [0.2, 0.25) is 0 Å². The number of carboxylic acid groups (broad SMARTS) is 1. The van der Waals surface area contributed by atoms with Gasteiger partial charge < -0.3 is 20.1 Å². The number of hydrogen-bond acceptors (Lipinski definition) is 4. The maximum atomic E-state index is 10.9. The van der Waals surface area contributed by atoms with Crippen LogP contribution in [0.2, 0.25) is 0 Å². The summed E-state index contributed by atoms with van der Waals surface area (Å²) in [6, 6.07) is 0. The van der Waals surface area contributed by atoms with Crippen LogP contribution in [0.25, 0.3) is 0 Å². The van der Waals surface area contributed by atoms with E-state index in [-0.39, 0.29) is 24.0 Å². The first kappa shape index (κ1) is 33.9. The zero-order chi connectivity index (χ0) is 28.0. The highest BCUT2D eigenvalue weighted by Crippen LogP contribution is 2.35. The van der Waals surface area contributed by atoms with Gasteiger partial charge in [-0.15, -0.1) is 0 Å². The Morgan fingerprint density at radius 1 is 1.11 bits per heavy atom. The Morgan fingerprint density at radius 3 is 2.46 bits per heavy atom. The number of aliphatic hydroxyl groups is 2. The number of aliphatic hydroxyl groups excluding tert-OH is 1. The summed E-state index contributed by atoms with van der Waals surface area (Å²) in [4.78, 5) is 10.9. The second-order valence-corrected chi connectivity index (χ2v) is 12.3. The number of carboxylic acids is 1. The van der Waals surface area contributed by atoms with Crippen molar-refractivity contribution in [3.05, 3.63) is 23.3 Å². The first-order valence-electron chi connectivity index (χ1n) is 15.0. The standard InChI is InChI=1S/C32H58O5/c1-8-9-21-37-30-27(6)26(5)29(33)22-28(30)18-17-24(3)14-10-13-23(2)15-11-19-32(7,36)20-12-16-25(4)31(34)35/h15,22,24-27,29-30,33,36H,8-14,16-21H2,1-7H3,(H,34,35). The van der Waals surface area contributed by atoms with Crippen molar-refractivity contribution in [3.8, 4) is 0 Å². The number of ether oxygens (including phenoxy) is 1. The third kappa shape index (κ3) is 13.5. The van der Waals surface area contributed by atoms with E-state index >= 15 is 0 Å². The smallest absolute Gasteiger partial charge is 0.306 e. The molecule has 0 fully saturated rings. The highest BCUT2D eigenvalue weighted by Gasteiger charge is 2.34. The van der Waals surface area contributed by atoms with Crippen molar-refractivity contribution in [3.63, 3.8) is 0 Å². The summed E-state index contributed by atoms with van der Waals surface area (Å²) in [7, 11) is 0. The van der Waals surface area contributed by atoms with E-state index in [1.165, 1.54) is 24.0 Å². The third-order valence-electron chi connectivity index (χ3n) is 8.53. The summed E-state index contributed by atoms with van der Waals surface area (Å²) in [5, 5.41) is 30.1. The number of aliphatic carboxylic acids is 1. The summed E-state index contributed by atoms with van der Waals surface area (Å²) in [5.74, 6) is 0.0861. The van der Waals surface area contributed by atoms with Crippen LogP contribution in [0, 0.1) is 23.7 Å². The molecule has 7 atom stereocenters. The van der Waals surface area contributed by atoms with Gasteiger partial charge in [-0.3, -0.25) is 4.79 Å². The molecule has 7 unspecified atom stereocenters. The van der Waals surface area contributed by atoms with Crippen molar-refractivity contribution in [2.75, 3.05) is 6.61 Å². The molecule has 216 valence electrons. The predicted octanol–water partition coefficient (Wildman–Crippen LogP) is 7.70. The van der Waals surface area contributed by atoms with Gasteiger partial charge in [-0.25, -0.2) is 0 Å². The van der Waals surface area contributed by atoms with Gasteiger partial charge in [-0.1, -0.05) is 65.2 Å². The zero-order valence-electron chi connectivity index (χ0n) is 25.0. The van der Waals surface area contributed by atoms with Gasteiger partial charge in [-0.05, 0) is 101 Å². The Hall–Kier alpha value is -1.17. The fourth-order valence-electron chi connectivity index (χ4n) is 5.29. The van der Waals surface area contributed by atoms with Crippen molar-refractivity contribution in [1.29, 1.82) is 0 Å². The van der Waals surface area contributed by atoms with Gasteiger partial charge in [0.1, 0.15) is 0 Å². The fraction of sp³-hybridized carbons (Fsp3) is 0.844. The summed E-state index contributed by atoms with van der Waals surface area (Å²) in [6.45, 7) is 15.4. The molecule has 0 radical (unpaired) electrons. The van der Waals surface area contributed by atoms with E-state index in [0.29, 0.717) is 31.1 Å². The lowest BCUT2D eigenvalue weighted by Crippen LogP contribution is -2.39. The Kier molecular flexibility index (Phi) is 15.9. The van der Waals surface area contributed by atoms with Crippen molar-refractivity contribution in [2.24, 2.45) is 23.7 Å². The largest absolute Gasteiger partial charge is 0.481 e. The van der Waals surface area contributed by atoms with E-state index in [1.807, 2.05) is 6.92 Å². The zero-order valence-corrected chi connectivity index (χ0v) is 25.0. The van der Waals surface area contributed by atoms with Gasteiger partial charge in [-0.2, -0.15) is 0 Å². The molecule has 1 aliphatic carbocycles. The van der Waals surface area contributed by atoms with Gasteiger partial charge in [0, 0.05) is 6.61 Å². The lowest BCUT2D eigenvalue weighted by molar-refractivity contribution is -0.141. The molecule has 0 saturated heterocycles. The third-order valence-corrected chi connectivity index (χ3v) is 8.53. The number of unbranched alkanes of at least 4 members (excludes halogenated alkanes) is 1. The maximum absolute atomic E-state index is 10.9. The average Bonchev–Trinajstić information content (AvgIpc) is 2.82. The summed E-state index contributed by atoms with van der Waals surface area (Å²) >= 11 is 0. The van der Waals surface area contributed by atoms with E-state index in [1.54, 1.807) is 6.92 Å². The first-order chi connectivity index (χ1) is 17.4. The molecule has 0 aromatic rings. The van der Waals surface area contributed by atoms with Crippen LogP contribution in [0.5, 0.6) is 0 Å². The quantitative estimate of drug-likeness (QED) is 0.119. The Bertz CT molecular complexity index is 710. The molecule has 0 aromatic heterocycles. The SMILES string of the molecule is CCCCOC1C(CCC(C)CCCC(C)=CCCC(C)(O)CCCC(C)C(=O)O)=CC(O)C(C)C1C. The molecule has 0 aromatic carbocycles. The lowest BCUT2D eigenvalue weighted by atomic mass is 9.76. The molecule has 5 heteroatoms. The molecule has 0 spiro atoms.